The topological polar surface area (TPSA) is 62.6 Å². The summed E-state index contributed by atoms with van der Waals surface area (Å²) in [6.07, 6.45) is 2.25. The number of piperidine rings is 1. The third-order valence-electron chi connectivity index (χ3n) is 4.49. The van der Waals surface area contributed by atoms with Gasteiger partial charge in [-0.05, 0) is 59.6 Å². The van der Waals surface area contributed by atoms with Crippen LogP contribution in [0.5, 0.6) is 0 Å². The van der Waals surface area contributed by atoms with Crippen molar-refractivity contribution in [2.24, 2.45) is 5.92 Å². The lowest BCUT2D eigenvalue weighted by Gasteiger charge is -2.31. The number of amides is 2. The van der Waals surface area contributed by atoms with Crippen molar-refractivity contribution >= 4 is 39.1 Å². The van der Waals surface area contributed by atoms with Crippen LogP contribution in [0.15, 0.2) is 32.7 Å². The van der Waals surface area contributed by atoms with Gasteiger partial charge in [-0.2, -0.15) is 0 Å². The highest BCUT2D eigenvalue weighted by molar-refractivity contribution is 9.10. The molecule has 2 amide bonds. The van der Waals surface area contributed by atoms with Crippen LogP contribution in [0.25, 0.3) is 0 Å². The van der Waals surface area contributed by atoms with Crippen molar-refractivity contribution in [3.63, 3.8) is 0 Å². The van der Waals surface area contributed by atoms with Crippen LogP contribution < -0.4 is 5.32 Å². The molecule has 0 aliphatic carbocycles. The summed E-state index contributed by atoms with van der Waals surface area (Å²) in [4.78, 5) is 27.9. The van der Waals surface area contributed by atoms with Gasteiger partial charge in [-0.25, -0.2) is 0 Å². The predicted octanol–water partition coefficient (Wildman–Crippen LogP) is 3.62. The van der Waals surface area contributed by atoms with E-state index < -0.39 is 0 Å². The van der Waals surface area contributed by atoms with Crippen LogP contribution in [0.4, 0.5) is 0 Å². The first-order valence-electron chi connectivity index (χ1n) is 8.40. The van der Waals surface area contributed by atoms with Gasteiger partial charge in [0.1, 0.15) is 0 Å². The highest BCUT2D eigenvalue weighted by Gasteiger charge is 2.29. The zero-order valence-corrected chi connectivity index (χ0v) is 16.5. The van der Waals surface area contributed by atoms with Crippen LogP contribution in [0.1, 0.15) is 33.8 Å². The molecule has 1 N–H and O–H groups in total. The van der Waals surface area contributed by atoms with Crippen LogP contribution >= 0.6 is 27.3 Å². The monoisotopic (exact) mass is 424 g/mol. The maximum absolute atomic E-state index is 12.5. The van der Waals surface area contributed by atoms with E-state index in [0.717, 1.165) is 12.0 Å². The summed E-state index contributed by atoms with van der Waals surface area (Å²) in [6.45, 7) is 3.69. The molecule has 0 spiro atoms. The molecule has 1 fully saturated rings. The maximum atomic E-state index is 12.5. The van der Waals surface area contributed by atoms with Crippen LogP contribution in [0.3, 0.4) is 0 Å². The second-order valence-electron chi connectivity index (χ2n) is 6.25. The van der Waals surface area contributed by atoms with Gasteiger partial charge >= 0.3 is 0 Å². The molecule has 0 aromatic carbocycles. The Morgan fingerprint density at radius 1 is 1.40 bits per heavy atom. The Kier molecular flexibility index (Phi) is 5.96. The zero-order chi connectivity index (χ0) is 17.8. The Morgan fingerprint density at radius 3 is 2.76 bits per heavy atom. The van der Waals surface area contributed by atoms with Crippen molar-refractivity contribution in [1.29, 1.82) is 0 Å². The minimum atomic E-state index is -0.0975. The number of hydrogen-bond acceptors (Lipinski definition) is 4. The van der Waals surface area contributed by atoms with Gasteiger partial charge < -0.3 is 14.6 Å². The van der Waals surface area contributed by atoms with Gasteiger partial charge in [-0.15, -0.1) is 11.3 Å². The van der Waals surface area contributed by atoms with Crippen molar-refractivity contribution in [3.8, 4) is 0 Å². The summed E-state index contributed by atoms with van der Waals surface area (Å²) in [5.74, 6) is 0.364. The molecule has 134 valence electrons. The molecule has 2 aromatic heterocycles. The summed E-state index contributed by atoms with van der Waals surface area (Å²) >= 11 is 4.96. The first kappa shape index (κ1) is 18.2. The highest BCUT2D eigenvalue weighted by Crippen LogP contribution is 2.24. The molecular weight excluding hydrogens is 404 g/mol. The normalized spacial score (nSPS) is 15.4. The van der Waals surface area contributed by atoms with Crippen LogP contribution in [0, 0.1) is 12.8 Å². The van der Waals surface area contributed by atoms with E-state index in [9.17, 15) is 9.59 Å². The third kappa shape index (κ3) is 4.52. The molecule has 0 atom stereocenters. The molecule has 5 nitrogen and oxygen atoms in total. The fourth-order valence-corrected chi connectivity index (χ4v) is 4.27. The summed E-state index contributed by atoms with van der Waals surface area (Å²) in [5.41, 5.74) is 0.824. The molecule has 25 heavy (non-hydrogen) atoms. The molecule has 1 aliphatic heterocycles. The fraction of sp³-hybridized carbons (Fsp3) is 0.444. The number of nitrogens with zero attached hydrogens (tertiary/aromatic N) is 1. The summed E-state index contributed by atoms with van der Waals surface area (Å²) < 4.78 is 6.00. The van der Waals surface area contributed by atoms with Crippen molar-refractivity contribution < 1.29 is 14.0 Å². The predicted molar refractivity (Wildman–Crippen MR) is 101 cm³/mol. The summed E-state index contributed by atoms with van der Waals surface area (Å²) in [5, 5.41) is 5.06. The largest absolute Gasteiger partial charge is 0.444 e. The number of carbonyl (C=O) groups is 2. The van der Waals surface area contributed by atoms with E-state index in [0.29, 0.717) is 42.9 Å². The van der Waals surface area contributed by atoms with E-state index in [4.69, 9.17) is 4.42 Å². The number of nitrogens with one attached hydrogen (secondary N) is 1. The Bertz CT molecular complexity index is 734. The molecule has 0 saturated carbocycles. The number of carbonyl (C=O) groups excluding carboxylic acids is 2. The average molecular weight is 425 g/mol. The van der Waals surface area contributed by atoms with Crippen LogP contribution in [0.2, 0.25) is 0 Å². The van der Waals surface area contributed by atoms with Gasteiger partial charge in [0.2, 0.25) is 5.91 Å². The lowest BCUT2D eigenvalue weighted by Crippen LogP contribution is -2.43. The minimum absolute atomic E-state index is 0.0168. The van der Waals surface area contributed by atoms with E-state index in [1.54, 1.807) is 22.3 Å². The summed E-state index contributed by atoms with van der Waals surface area (Å²) in [6, 6.07) is 5.89. The number of aryl methyl sites for hydroxylation is 1. The lowest BCUT2D eigenvalue weighted by atomic mass is 9.95. The van der Waals surface area contributed by atoms with Crippen molar-refractivity contribution in [3.05, 3.63) is 44.4 Å². The quantitative estimate of drug-likeness (QED) is 0.796. The zero-order valence-electron chi connectivity index (χ0n) is 14.1. The molecule has 3 rings (SSSR count). The van der Waals surface area contributed by atoms with Gasteiger partial charge in [-0.1, -0.05) is 6.07 Å². The van der Waals surface area contributed by atoms with E-state index in [1.165, 1.54) is 4.88 Å². The first-order chi connectivity index (χ1) is 12.0. The Morgan fingerprint density at radius 2 is 2.16 bits per heavy atom. The molecule has 1 aliphatic rings. The van der Waals surface area contributed by atoms with E-state index in [-0.39, 0.29) is 17.7 Å². The average Bonchev–Trinajstić information content (AvgIpc) is 3.23. The molecule has 0 bridgehead atoms. The Hall–Kier alpha value is -1.60. The second kappa shape index (κ2) is 8.19. The lowest BCUT2D eigenvalue weighted by molar-refractivity contribution is -0.126. The maximum Gasteiger partial charge on any atom is 0.289 e. The van der Waals surface area contributed by atoms with Gasteiger partial charge in [0, 0.05) is 36.0 Å². The van der Waals surface area contributed by atoms with Gasteiger partial charge in [0.25, 0.3) is 5.91 Å². The van der Waals surface area contributed by atoms with Crippen molar-refractivity contribution in [2.75, 3.05) is 19.6 Å². The fourth-order valence-electron chi connectivity index (χ4n) is 3.05. The van der Waals surface area contributed by atoms with Gasteiger partial charge in [-0.3, -0.25) is 9.59 Å². The van der Waals surface area contributed by atoms with E-state index in [1.807, 2.05) is 18.4 Å². The number of halogens is 1. The molecular formula is C18H21BrN2O3S. The molecule has 1 saturated heterocycles. The van der Waals surface area contributed by atoms with E-state index in [2.05, 4.69) is 27.3 Å². The minimum Gasteiger partial charge on any atom is -0.444 e. The number of likely N-dealkylation sites (tertiary alicyclic amines) is 1. The summed E-state index contributed by atoms with van der Waals surface area (Å²) in [7, 11) is 0. The smallest absolute Gasteiger partial charge is 0.289 e. The third-order valence-corrected chi connectivity index (χ3v) is 5.81. The Balaban J connectivity index is 1.45. The van der Waals surface area contributed by atoms with Crippen LogP contribution in [-0.2, 0) is 11.2 Å². The van der Waals surface area contributed by atoms with Gasteiger partial charge in [0.05, 0.1) is 0 Å². The number of furan rings is 1. The van der Waals surface area contributed by atoms with E-state index >= 15 is 0 Å². The standard InChI is InChI=1S/C18H21BrN2O3S/c1-12-11-15(19)24-16(12)18(23)21-8-5-13(6-9-21)17(22)20-7-4-14-3-2-10-25-14/h2-3,10-11,13H,4-9H2,1H3,(H,20,22). The molecule has 2 aromatic rings. The van der Waals surface area contributed by atoms with Crippen LogP contribution in [-0.4, -0.2) is 36.3 Å². The molecule has 0 unspecified atom stereocenters. The van der Waals surface area contributed by atoms with Gasteiger partial charge in [0.15, 0.2) is 10.4 Å². The number of hydrogen-bond donors (Lipinski definition) is 1. The highest BCUT2D eigenvalue weighted by atomic mass is 79.9. The molecule has 0 radical (unpaired) electrons. The second-order valence-corrected chi connectivity index (χ2v) is 8.06. The Labute approximate surface area is 159 Å². The first-order valence-corrected chi connectivity index (χ1v) is 10.1. The molecule has 3 heterocycles. The SMILES string of the molecule is Cc1cc(Br)oc1C(=O)N1CCC(C(=O)NCCc2cccs2)CC1. The van der Waals surface area contributed by atoms with Crippen molar-refractivity contribution in [2.45, 2.75) is 26.2 Å². The number of thiophene rings is 1. The van der Waals surface area contributed by atoms with Crippen molar-refractivity contribution in [1.82, 2.24) is 10.2 Å². The number of rotatable bonds is 5. The molecule has 7 heteroatoms.